The molecule has 196 valence electrons. The molecule has 5 atom stereocenters. The van der Waals surface area contributed by atoms with Crippen LogP contribution in [0.25, 0.3) is 0 Å². The van der Waals surface area contributed by atoms with Crippen molar-refractivity contribution in [2.24, 2.45) is 16.1 Å². The Morgan fingerprint density at radius 2 is 1.69 bits per heavy atom. The van der Waals surface area contributed by atoms with Crippen molar-refractivity contribution in [3.8, 4) is 0 Å². The molecule has 1 aromatic carbocycles. The maximum Gasteiger partial charge on any atom is 0.328 e. The Labute approximate surface area is 212 Å². The Morgan fingerprint density at radius 3 is 2.33 bits per heavy atom. The number of cyclic esters (lactones) is 1. The summed E-state index contributed by atoms with van der Waals surface area (Å²) >= 11 is 0. The van der Waals surface area contributed by atoms with Gasteiger partial charge < -0.3 is 20.7 Å². The second-order valence-corrected chi connectivity index (χ2v) is 10.0. The summed E-state index contributed by atoms with van der Waals surface area (Å²) in [6.45, 7) is 7.30. The highest BCUT2D eigenvalue weighted by Crippen LogP contribution is 2.32. The second-order valence-electron chi connectivity index (χ2n) is 10.0. The zero-order chi connectivity index (χ0) is 26.3. The van der Waals surface area contributed by atoms with Crippen molar-refractivity contribution in [2.75, 3.05) is 0 Å². The molecule has 3 rings (SSSR count). The maximum atomic E-state index is 13.3. The molecule has 2 aliphatic rings. The summed E-state index contributed by atoms with van der Waals surface area (Å²) in [7, 11) is 0. The lowest BCUT2D eigenvalue weighted by Gasteiger charge is -2.26. The number of esters is 1. The standard InChI is InChI=1S/C26H37N5O5/c1-5-6-10-16(2)21-14-22(32)28-20(15-26(4)30-31-26)24(34)29-19(13-18-11-8-7-9-12-18)23(33)27-17(3)25(35)36-21/h7-9,11-12,16-17,19-21H,5-6,10,13-15H2,1-4H3,(H,27,33)(H,28,32)(H,29,34)/t16-,17-,19-,20+,21-/m0/s1. The average molecular weight is 500 g/mol. The number of hydrogen-bond donors (Lipinski definition) is 3. The van der Waals surface area contributed by atoms with E-state index in [1.54, 1.807) is 6.92 Å². The minimum Gasteiger partial charge on any atom is -0.460 e. The number of rotatable bonds is 8. The van der Waals surface area contributed by atoms with Gasteiger partial charge in [0.15, 0.2) is 5.66 Å². The van der Waals surface area contributed by atoms with Crippen LogP contribution in [0.15, 0.2) is 40.6 Å². The van der Waals surface area contributed by atoms with E-state index in [0.29, 0.717) is 0 Å². The first-order valence-electron chi connectivity index (χ1n) is 12.7. The Bertz CT molecular complexity index is 976. The molecule has 0 spiro atoms. The van der Waals surface area contributed by atoms with E-state index in [9.17, 15) is 19.2 Å². The topological polar surface area (TPSA) is 138 Å². The first-order chi connectivity index (χ1) is 17.1. The zero-order valence-electron chi connectivity index (χ0n) is 21.5. The van der Waals surface area contributed by atoms with Gasteiger partial charge in [-0.2, -0.15) is 10.2 Å². The van der Waals surface area contributed by atoms with Crippen LogP contribution in [0.4, 0.5) is 0 Å². The number of carbonyl (C=O) groups is 4. The lowest BCUT2D eigenvalue weighted by atomic mass is 9.95. The van der Waals surface area contributed by atoms with Gasteiger partial charge in [-0.15, -0.1) is 0 Å². The smallest absolute Gasteiger partial charge is 0.328 e. The van der Waals surface area contributed by atoms with Gasteiger partial charge in [0.2, 0.25) is 17.7 Å². The quantitative estimate of drug-likeness (QED) is 0.472. The van der Waals surface area contributed by atoms with E-state index >= 15 is 0 Å². The second kappa shape index (κ2) is 12.1. The number of benzene rings is 1. The van der Waals surface area contributed by atoms with Crippen LogP contribution in [0.5, 0.6) is 0 Å². The van der Waals surface area contributed by atoms with Crippen molar-refractivity contribution < 1.29 is 23.9 Å². The van der Waals surface area contributed by atoms with E-state index in [4.69, 9.17) is 4.74 Å². The fourth-order valence-corrected chi connectivity index (χ4v) is 4.23. The highest BCUT2D eigenvalue weighted by atomic mass is 16.5. The molecule has 0 aliphatic carbocycles. The lowest BCUT2D eigenvalue weighted by Crippen LogP contribution is -2.56. The van der Waals surface area contributed by atoms with Gasteiger partial charge in [0, 0.05) is 12.8 Å². The van der Waals surface area contributed by atoms with Gasteiger partial charge >= 0.3 is 5.97 Å². The van der Waals surface area contributed by atoms with Crippen LogP contribution in [-0.2, 0) is 30.3 Å². The molecule has 0 bridgehead atoms. The SMILES string of the molecule is CCCC[C@H](C)[C@@H]1CC(=O)N[C@H](CC2(C)N=N2)C(=O)N[C@@H](Cc2ccccc2)C(=O)N[C@@H](C)C(=O)O1. The summed E-state index contributed by atoms with van der Waals surface area (Å²) in [5.74, 6) is -2.12. The molecule has 36 heavy (non-hydrogen) atoms. The van der Waals surface area contributed by atoms with Crippen LogP contribution in [-0.4, -0.2) is 53.6 Å². The van der Waals surface area contributed by atoms with Crippen molar-refractivity contribution in [3.05, 3.63) is 35.9 Å². The summed E-state index contributed by atoms with van der Waals surface area (Å²) in [4.78, 5) is 52.4. The number of nitrogens with one attached hydrogen (secondary N) is 3. The van der Waals surface area contributed by atoms with Gasteiger partial charge in [-0.05, 0) is 31.7 Å². The van der Waals surface area contributed by atoms with Gasteiger partial charge in [0.1, 0.15) is 24.2 Å². The molecule has 1 saturated heterocycles. The molecule has 3 amide bonds. The van der Waals surface area contributed by atoms with Crippen LogP contribution in [0, 0.1) is 5.92 Å². The Hall–Kier alpha value is -3.30. The molecule has 2 heterocycles. The molecular formula is C26H37N5O5. The van der Waals surface area contributed by atoms with Crippen LogP contribution in [0.3, 0.4) is 0 Å². The van der Waals surface area contributed by atoms with Crippen molar-refractivity contribution >= 4 is 23.7 Å². The van der Waals surface area contributed by atoms with Crippen LogP contribution in [0.2, 0.25) is 0 Å². The monoisotopic (exact) mass is 499 g/mol. The van der Waals surface area contributed by atoms with E-state index in [-0.39, 0.29) is 25.2 Å². The number of unbranched alkanes of at least 4 members (excludes halogenated alkanes) is 1. The van der Waals surface area contributed by atoms with E-state index in [1.807, 2.05) is 37.3 Å². The Morgan fingerprint density at radius 1 is 1.03 bits per heavy atom. The van der Waals surface area contributed by atoms with Gasteiger partial charge in [0.05, 0.1) is 6.42 Å². The van der Waals surface area contributed by atoms with E-state index in [2.05, 4.69) is 33.1 Å². The van der Waals surface area contributed by atoms with Crippen molar-refractivity contribution in [2.45, 2.75) is 96.1 Å². The molecule has 10 nitrogen and oxygen atoms in total. The third-order valence-electron chi connectivity index (χ3n) is 6.61. The van der Waals surface area contributed by atoms with Gasteiger partial charge in [0.25, 0.3) is 0 Å². The minimum absolute atomic E-state index is 0.0725. The van der Waals surface area contributed by atoms with Crippen molar-refractivity contribution in [1.82, 2.24) is 16.0 Å². The maximum absolute atomic E-state index is 13.3. The Kier molecular flexibility index (Phi) is 9.17. The number of amides is 3. The van der Waals surface area contributed by atoms with Crippen molar-refractivity contribution in [3.63, 3.8) is 0 Å². The van der Waals surface area contributed by atoms with Crippen LogP contribution >= 0.6 is 0 Å². The highest BCUT2D eigenvalue weighted by molar-refractivity contribution is 5.94. The minimum atomic E-state index is -0.963. The lowest BCUT2D eigenvalue weighted by molar-refractivity contribution is -0.156. The molecule has 0 unspecified atom stereocenters. The number of ether oxygens (including phenoxy) is 1. The molecule has 2 aliphatic heterocycles. The van der Waals surface area contributed by atoms with Gasteiger partial charge in [-0.25, -0.2) is 4.79 Å². The van der Waals surface area contributed by atoms with E-state index in [0.717, 1.165) is 24.8 Å². The summed E-state index contributed by atoms with van der Waals surface area (Å²) in [5, 5.41) is 16.2. The van der Waals surface area contributed by atoms with Crippen molar-refractivity contribution in [1.29, 1.82) is 0 Å². The molecule has 0 aromatic heterocycles. The molecule has 0 saturated carbocycles. The third kappa shape index (κ3) is 7.86. The summed E-state index contributed by atoms with van der Waals surface area (Å²) in [6, 6.07) is 6.38. The first kappa shape index (κ1) is 27.3. The zero-order valence-corrected chi connectivity index (χ0v) is 21.5. The van der Waals surface area contributed by atoms with E-state index < -0.39 is 53.6 Å². The Balaban J connectivity index is 1.87. The molecule has 1 fully saturated rings. The normalized spacial score (nSPS) is 27.3. The molecular weight excluding hydrogens is 462 g/mol. The van der Waals surface area contributed by atoms with Gasteiger partial charge in [-0.3, -0.25) is 14.4 Å². The average Bonchev–Trinajstić information content (AvgIpc) is 3.57. The summed E-state index contributed by atoms with van der Waals surface area (Å²) < 4.78 is 5.73. The third-order valence-corrected chi connectivity index (χ3v) is 6.61. The van der Waals surface area contributed by atoms with Gasteiger partial charge in [-0.1, -0.05) is 57.0 Å². The first-order valence-corrected chi connectivity index (χ1v) is 12.7. The number of nitrogens with zero attached hydrogens (tertiary/aromatic N) is 2. The fraction of sp³-hybridized carbons (Fsp3) is 0.615. The molecule has 0 radical (unpaired) electrons. The summed E-state index contributed by atoms with van der Waals surface area (Å²) in [6.07, 6.45) is 2.29. The number of carbonyl (C=O) groups excluding carboxylic acids is 4. The summed E-state index contributed by atoms with van der Waals surface area (Å²) in [5.41, 5.74) is 0.0805. The van der Waals surface area contributed by atoms with E-state index in [1.165, 1.54) is 6.92 Å². The fourth-order valence-electron chi connectivity index (χ4n) is 4.23. The molecule has 1 aromatic rings. The predicted molar refractivity (Wildman–Crippen MR) is 133 cm³/mol. The largest absolute Gasteiger partial charge is 0.460 e. The molecule has 3 N–H and O–H groups in total. The highest BCUT2D eigenvalue weighted by Gasteiger charge is 2.41. The van der Waals surface area contributed by atoms with Crippen LogP contribution < -0.4 is 16.0 Å². The number of hydrogen-bond acceptors (Lipinski definition) is 7. The predicted octanol–water partition coefficient (Wildman–Crippen LogP) is 2.42. The molecule has 10 heteroatoms. The van der Waals surface area contributed by atoms with Crippen LogP contribution in [0.1, 0.15) is 65.4 Å².